The number of rotatable bonds is 5. The first kappa shape index (κ1) is 15.9. The molecular formula is C13H18N2O5. The standard InChI is InChI=1S/C13H18N2O5/c1-4-20-13(17)10(14)6-9-5-7(2)8(3)11(12(9)16)15(18)19/h5,10,16H,4,6,14H2,1-3H3. The van der Waals surface area contributed by atoms with Crippen LogP contribution in [0, 0.1) is 24.0 Å². The normalized spacial score (nSPS) is 12.0. The Hall–Kier alpha value is -2.15. The number of phenols is 1. The number of nitro benzene ring substituents is 1. The van der Waals surface area contributed by atoms with E-state index in [4.69, 9.17) is 10.5 Å². The molecule has 0 aromatic heterocycles. The molecule has 1 atom stereocenters. The smallest absolute Gasteiger partial charge is 0.323 e. The second kappa shape index (κ2) is 6.33. The maximum Gasteiger partial charge on any atom is 0.323 e. The van der Waals surface area contributed by atoms with E-state index in [9.17, 15) is 20.0 Å². The summed E-state index contributed by atoms with van der Waals surface area (Å²) in [7, 11) is 0. The number of aryl methyl sites for hydroxylation is 1. The molecule has 0 bridgehead atoms. The molecule has 0 aliphatic rings. The lowest BCUT2D eigenvalue weighted by Crippen LogP contribution is -2.34. The van der Waals surface area contributed by atoms with E-state index >= 15 is 0 Å². The number of ether oxygens (including phenoxy) is 1. The van der Waals surface area contributed by atoms with E-state index in [2.05, 4.69) is 0 Å². The highest BCUT2D eigenvalue weighted by molar-refractivity contribution is 5.76. The van der Waals surface area contributed by atoms with E-state index < -0.39 is 22.7 Å². The lowest BCUT2D eigenvalue weighted by Gasteiger charge is -2.13. The summed E-state index contributed by atoms with van der Waals surface area (Å²) in [6.45, 7) is 5.11. The van der Waals surface area contributed by atoms with Crippen LogP contribution in [0.3, 0.4) is 0 Å². The van der Waals surface area contributed by atoms with Crippen molar-refractivity contribution < 1.29 is 19.6 Å². The van der Waals surface area contributed by atoms with Crippen LogP contribution in [0.25, 0.3) is 0 Å². The third-order valence-electron chi connectivity index (χ3n) is 3.08. The highest BCUT2D eigenvalue weighted by Crippen LogP contribution is 2.35. The third kappa shape index (κ3) is 3.24. The quantitative estimate of drug-likeness (QED) is 0.478. The van der Waals surface area contributed by atoms with Gasteiger partial charge in [0.15, 0.2) is 5.75 Å². The van der Waals surface area contributed by atoms with E-state index in [-0.39, 0.29) is 24.3 Å². The van der Waals surface area contributed by atoms with Crippen molar-refractivity contribution in [1.29, 1.82) is 0 Å². The first-order chi connectivity index (χ1) is 9.29. The molecule has 0 spiro atoms. The fourth-order valence-corrected chi connectivity index (χ4v) is 1.90. The number of nitrogens with zero attached hydrogens (tertiary/aromatic N) is 1. The van der Waals surface area contributed by atoms with Crippen LogP contribution in [0.5, 0.6) is 5.75 Å². The Kier molecular flexibility index (Phi) is 5.04. The number of phenolic OH excluding ortho intramolecular Hbond substituents is 1. The maximum absolute atomic E-state index is 11.5. The number of hydrogen-bond acceptors (Lipinski definition) is 6. The van der Waals surface area contributed by atoms with E-state index in [0.717, 1.165) is 0 Å². The zero-order chi connectivity index (χ0) is 15.4. The molecule has 0 saturated carbocycles. The Morgan fingerprint density at radius 2 is 2.15 bits per heavy atom. The SMILES string of the molecule is CCOC(=O)C(N)Cc1cc(C)c(C)c([N+](=O)[O-])c1O. The lowest BCUT2D eigenvalue weighted by atomic mass is 9.98. The average Bonchev–Trinajstić information content (AvgIpc) is 2.35. The highest BCUT2D eigenvalue weighted by Gasteiger charge is 2.25. The van der Waals surface area contributed by atoms with Crippen LogP contribution < -0.4 is 5.73 Å². The molecule has 0 radical (unpaired) electrons. The van der Waals surface area contributed by atoms with Gasteiger partial charge in [0.25, 0.3) is 0 Å². The molecule has 7 nitrogen and oxygen atoms in total. The largest absolute Gasteiger partial charge is 0.502 e. The molecule has 0 aliphatic carbocycles. The average molecular weight is 282 g/mol. The third-order valence-corrected chi connectivity index (χ3v) is 3.08. The van der Waals surface area contributed by atoms with Gasteiger partial charge in [-0.3, -0.25) is 14.9 Å². The Balaban J connectivity index is 3.14. The number of nitrogens with two attached hydrogens (primary N) is 1. The van der Waals surface area contributed by atoms with Crippen molar-refractivity contribution in [2.24, 2.45) is 5.73 Å². The van der Waals surface area contributed by atoms with Crippen molar-refractivity contribution in [3.05, 3.63) is 32.9 Å². The summed E-state index contributed by atoms with van der Waals surface area (Å²) in [5.74, 6) is -1.05. The Morgan fingerprint density at radius 3 is 2.65 bits per heavy atom. The second-order valence-electron chi connectivity index (χ2n) is 4.49. The molecule has 3 N–H and O–H groups in total. The van der Waals surface area contributed by atoms with E-state index in [1.54, 1.807) is 26.8 Å². The molecule has 0 saturated heterocycles. The number of carbonyl (C=O) groups excluding carboxylic acids is 1. The van der Waals surface area contributed by atoms with Crippen molar-refractivity contribution in [3.63, 3.8) is 0 Å². The monoisotopic (exact) mass is 282 g/mol. The Labute approximate surface area is 116 Å². The zero-order valence-electron chi connectivity index (χ0n) is 11.7. The van der Waals surface area contributed by atoms with Crippen molar-refractivity contribution in [2.75, 3.05) is 6.61 Å². The van der Waals surface area contributed by atoms with Gasteiger partial charge in [-0.2, -0.15) is 0 Å². The van der Waals surface area contributed by atoms with Crippen LogP contribution in [-0.2, 0) is 16.0 Å². The first-order valence-electron chi connectivity index (χ1n) is 6.18. The predicted molar refractivity (Wildman–Crippen MR) is 72.5 cm³/mol. The number of nitro groups is 1. The number of esters is 1. The van der Waals surface area contributed by atoms with Gasteiger partial charge in [-0.15, -0.1) is 0 Å². The molecule has 0 heterocycles. The van der Waals surface area contributed by atoms with Gasteiger partial charge in [0.1, 0.15) is 6.04 Å². The molecule has 20 heavy (non-hydrogen) atoms. The van der Waals surface area contributed by atoms with Crippen molar-refractivity contribution in [1.82, 2.24) is 0 Å². The summed E-state index contributed by atoms with van der Waals surface area (Å²) < 4.78 is 4.77. The number of aromatic hydroxyl groups is 1. The van der Waals surface area contributed by atoms with Gasteiger partial charge in [-0.05, 0) is 26.3 Å². The van der Waals surface area contributed by atoms with Gasteiger partial charge in [-0.25, -0.2) is 0 Å². The van der Waals surface area contributed by atoms with Crippen LogP contribution in [-0.4, -0.2) is 28.6 Å². The van der Waals surface area contributed by atoms with Gasteiger partial charge < -0.3 is 15.6 Å². The fraction of sp³-hybridized carbons (Fsp3) is 0.462. The second-order valence-corrected chi connectivity index (χ2v) is 4.49. The van der Waals surface area contributed by atoms with Gasteiger partial charge in [0, 0.05) is 17.5 Å². The summed E-state index contributed by atoms with van der Waals surface area (Å²) in [6.07, 6.45) is -0.0212. The lowest BCUT2D eigenvalue weighted by molar-refractivity contribution is -0.386. The molecule has 0 fully saturated rings. The Morgan fingerprint density at radius 1 is 1.55 bits per heavy atom. The van der Waals surface area contributed by atoms with Gasteiger partial charge in [0.2, 0.25) is 0 Å². The molecule has 1 aromatic carbocycles. The molecule has 0 aliphatic heterocycles. The van der Waals surface area contributed by atoms with Gasteiger partial charge in [-0.1, -0.05) is 6.07 Å². The minimum absolute atomic E-state index is 0.0212. The summed E-state index contributed by atoms with van der Waals surface area (Å²) in [6, 6.07) is 0.624. The summed E-state index contributed by atoms with van der Waals surface area (Å²) in [4.78, 5) is 21.8. The van der Waals surface area contributed by atoms with Crippen LogP contribution in [0.4, 0.5) is 5.69 Å². The predicted octanol–water partition coefficient (Wildman–Crippen LogP) is 1.35. The number of benzene rings is 1. The van der Waals surface area contributed by atoms with Crippen molar-refractivity contribution >= 4 is 11.7 Å². The minimum Gasteiger partial charge on any atom is -0.502 e. The summed E-state index contributed by atoms with van der Waals surface area (Å²) >= 11 is 0. The van der Waals surface area contributed by atoms with Gasteiger partial charge >= 0.3 is 11.7 Å². The minimum atomic E-state index is -0.970. The van der Waals surface area contributed by atoms with Crippen molar-refractivity contribution in [2.45, 2.75) is 33.2 Å². The maximum atomic E-state index is 11.5. The van der Waals surface area contributed by atoms with Crippen LogP contribution in [0.1, 0.15) is 23.6 Å². The van der Waals surface area contributed by atoms with Gasteiger partial charge in [0.05, 0.1) is 11.5 Å². The van der Waals surface area contributed by atoms with E-state index in [0.29, 0.717) is 11.1 Å². The topological polar surface area (TPSA) is 116 Å². The summed E-state index contributed by atoms with van der Waals surface area (Å²) in [5.41, 5.74) is 6.62. The number of carbonyl (C=O) groups is 1. The van der Waals surface area contributed by atoms with Crippen LogP contribution >= 0.6 is 0 Å². The van der Waals surface area contributed by atoms with Crippen LogP contribution in [0.2, 0.25) is 0 Å². The van der Waals surface area contributed by atoms with E-state index in [1.165, 1.54) is 0 Å². The van der Waals surface area contributed by atoms with Crippen LogP contribution in [0.15, 0.2) is 6.07 Å². The molecule has 0 amide bonds. The zero-order valence-corrected chi connectivity index (χ0v) is 11.7. The number of hydrogen-bond donors (Lipinski definition) is 2. The van der Waals surface area contributed by atoms with E-state index in [1.807, 2.05) is 0 Å². The molecular weight excluding hydrogens is 264 g/mol. The van der Waals surface area contributed by atoms with Crippen molar-refractivity contribution in [3.8, 4) is 5.75 Å². The fourth-order valence-electron chi connectivity index (χ4n) is 1.90. The molecule has 7 heteroatoms. The summed E-state index contributed by atoms with van der Waals surface area (Å²) in [5, 5.41) is 21.0. The molecule has 110 valence electrons. The molecule has 1 rings (SSSR count). The molecule has 1 aromatic rings. The first-order valence-corrected chi connectivity index (χ1v) is 6.18. The Bertz CT molecular complexity index is 542. The molecule has 1 unspecified atom stereocenters. The highest BCUT2D eigenvalue weighted by atomic mass is 16.6.